The van der Waals surface area contributed by atoms with E-state index in [1.54, 1.807) is 0 Å². The van der Waals surface area contributed by atoms with Gasteiger partial charge < -0.3 is 14.2 Å². The first-order valence-corrected chi connectivity index (χ1v) is 7.60. The number of rotatable bonds is 2. The molecular formula is C16H16O7. The number of hydrogen-bond donors (Lipinski definition) is 0. The number of carbonyl (C=O) groups is 4. The molecule has 1 heterocycles. The molecule has 1 aliphatic heterocycles. The molecule has 2 saturated carbocycles. The summed E-state index contributed by atoms with van der Waals surface area (Å²) in [6.07, 6.45) is 1.30. The van der Waals surface area contributed by atoms with Crippen molar-refractivity contribution in [3.05, 3.63) is 11.1 Å². The monoisotopic (exact) mass is 320 g/mol. The highest BCUT2D eigenvalue weighted by atomic mass is 16.6. The van der Waals surface area contributed by atoms with Crippen molar-refractivity contribution in [1.82, 2.24) is 0 Å². The summed E-state index contributed by atoms with van der Waals surface area (Å²) in [6, 6.07) is 0. The summed E-state index contributed by atoms with van der Waals surface area (Å²) in [6.45, 7) is 0. The van der Waals surface area contributed by atoms with Crippen molar-refractivity contribution < 1.29 is 33.4 Å². The molecule has 4 rings (SSSR count). The Morgan fingerprint density at radius 1 is 1.09 bits per heavy atom. The zero-order valence-electron chi connectivity index (χ0n) is 12.8. The summed E-state index contributed by atoms with van der Waals surface area (Å²) in [5, 5.41) is 0. The highest BCUT2D eigenvalue weighted by molar-refractivity contribution is 6.05. The van der Waals surface area contributed by atoms with E-state index >= 15 is 0 Å². The Bertz CT molecular complexity index is 691. The van der Waals surface area contributed by atoms with E-state index in [9.17, 15) is 19.2 Å². The summed E-state index contributed by atoms with van der Waals surface area (Å²) in [7, 11) is 2.53. The van der Waals surface area contributed by atoms with Crippen LogP contribution in [0.25, 0.3) is 0 Å². The van der Waals surface area contributed by atoms with Crippen molar-refractivity contribution in [2.75, 3.05) is 14.2 Å². The highest BCUT2D eigenvalue weighted by Gasteiger charge is 2.72. The zero-order valence-corrected chi connectivity index (χ0v) is 12.8. The van der Waals surface area contributed by atoms with E-state index in [-0.39, 0.29) is 30.1 Å². The maximum Gasteiger partial charge on any atom is 0.334 e. The fraction of sp³-hybridized carbons (Fsp3) is 0.625. The number of ether oxygens (including phenoxy) is 3. The maximum atomic E-state index is 12.2. The first-order valence-electron chi connectivity index (χ1n) is 7.60. The van der Waals surface area contributed by atoms with Crippen LogP contribution in [-0.4, -0.2) is 38.1 Å². The standard InChI is InChI=1S/C16H16O7/c1-21-13(18)11-9-6-3-7(10(9)12(11)14(19)22-2)16(4-6)5-8(17)23-15(16)20/h6-7,9-10H,3-5H2,1-2H3. The van der Waals surface area contributed by atoms with Crippen molar-refractivity contribution in [1.29, 1.82) is 0 Å². The van der Waals surface area contributed by atoms with Crippen LogP contribution in [0.4, 0.5) is 0 Å². The molecule has 5 unspecified atom stereocenters. The average molecular weight is 320 g/mol. The number of methoxy groups -OCH3 is 2. The molecule has 5 atom stereocenters. The van der Waals surface area contributed by atoms with Crippen molar-refractivity contribution in [2.24, 2.45) is 29.1 Å². The van der Waals surface area contributed by atoms with Crippen LogP contribution in [-0.2, 0) is 33.4 Å². The number of esters is 4. The molecule has 3 aliphatic carbocycles. The third-order valence-electron chi connectivity index (χ3n) is 6.06. The second-order valence-electron chi connectivity index (χ2n) is 6.76. The van der Waals surface area contributed by atoms with Gasteiger partial charge in [-0.05, 0) is 24.7 Å². The van der Waals surface area contributed by atoms with E-state index in [1.807, 2.05) is 0 Å². The number of hydrogen-bond acceptors (Lipinski definition) is 7. The Hall–Kier alpha value is -2.18. The number of cyclic esters (lactones) is 2. The van der Waals surface area contributed by atoms with Gasteiger partial charge in [0.2, 0.25) is 0 Å². The molecule has 0 aromatic rings. The van der Waals surface area contributed by atoms with Gasteiger partial charge in [-0.3, -0.25) is 9.59 Å². The highest BCUT2D eigenvalue weighted by Crippen LogP contribution is 2.71. The summed E-state index contributed by atoms with van der Waals surface area (Å²) >= 11 is 0. The quantitative estimate of drug-likeness (QED) is 0.412. The minimum Gasteiger partial charge on any atom is -0.466 e. The van der Waals surface area contributed by atoms with Crippen LogP contribution in [0.1, 0.15) is 19.3 Å². The van der Waals surface area contributed by atoms with Gasteiger partial charge in [-0.2, -0.15) is 0 Å². The number of fused-ring (bicyclic) bond motifs is 6. The van der Waals surface area contributed by atoms with Gasteiger partial charge in [0.1, 0.15) is 0 Å². The van der Waals surface area contributed by atoms with E-state index in [2.05, 4.69) is 0 Å². The van der Waals surface area contributed by atoms with Crippen LogP contribution >= 0.6 is 0 Å². The second kappa shape index (κ2) is 4.43. The Morgan fingerprint density at radius 3 is 2.22 bits per heavy atom. The molecule has 0 N–H and O–H groups in total. The van der Waals surface area contributed by atoms with Gasteiger partial charge >= 0.3 is 23.9 Å². The van der Waals surface area contributed by atoms with Gasteiger partial charge in [-0.1, -0.05) is 0 Å². The lowest BCUT2D eigenvalue weighted by Crippen LogP contribution is -2.49. The molecule has 4 aliphatic rings. The Balaban J connectivity index is 1.76. The van der Waals surface area contributed by atoms with Crippen LogP contribution < -0.4 is 0 Å². The third-order valence-corrected chi connectivity index (χ3v) is 6.06. The molecule has 7 nitrogen and oxygen atoms in total. The summed E-state index contributed by atoms with van der Waals surface area (Å²) < 4.78 is 14.4. The summed E-state index contributed by atoms with van der Waals surface area (Å²) in [5.74, 6) is -2.45. The van der Waals surface area contributed by atoms with E-state index in [0.29, 0.717) is 24.0 Å². The summed E-state index contributed by atoms with van der Waals surface area (Å²) in [4.78, 5) is 48.0. The SMILES string of the molecule is COC(=O)C1=C(C(=O)OC)C2C1C1CC2C2(CC(=O)OC2=O)C1. The van der Waals surface area contributed by atoms with Gasteiger partial charge in [0.15, 0.2) is 0 Å². The second-order valence-corrected chi connectivity index (χ2v) is 6.76. The van der Waals surface area contributed by atoms with Crippen molar-refractivity contribution >= 4 is 23.9 Å². The first kappa shape index (κ1) is 14.4. The van der Waals surface area contributed by atoms with Gasteiger partial charge in [0.05, 0.1) is 37.2 Å². The van der Waals surface area contributed by atoms with Crippen molar-refractivity contribution in [3.8, 4) is 0 Å². The van der Waals surface area contributed by atoms with Gasteiger partial charge in [0.25, 0.3) is 0 Å². The van der Waals surface area contributed by atoms with Crippen LogP contribution in [0.5, 0.6) is 0 Å². The zero-order chi connectivity index (χ0) is 16.5. The smallest absolute Gasteiger partial charge is 0.334 e. The molecule has 0 radical (unpaired) electrons. The fourth-order valence-electron chi connectivity index (χ4n) is 5.34. The largest absolute Gasteiger partial charge is 0.466 e. The third kappa shape index (κ3) is 1.55. The lowest BCUT2D eigenvalue weighted by Gasteiger charge is -2.47. The predicted molar refractivity (Wildman–Crippen MR) is 72.4 cm³/mol. The molecule has 1 saturated heterocycles. The van der Waals surface area contributed by atoms with E-state index < -0.39 is 29.3 Å². The lowest BCUT2D eigenvalue weighted by molar-refractivity contribution is -0.157. The van der Waals surface area contributed by atoms with Gasteiger partial charge in [-0.15, -0.1) is 0 Å². The topological polar surface area (TPSA) is 96.0 Å². The van der Waals surface area contributed by atoms with Crippen LogP contribution in [0.15, 0.2) is 11.1 Å². The molecule has 1 spiro atoms. The van der Waals surface area contributed by atoms with E-state index in [0.717, 1.165) is 0 Å². The molecule has 122 valence electrons. The van der Waals surface area contributed by atoms with Crippen molar-refractivity contribution in [2.45, 2.75) is 19.3 Å². The molecule has 0 aromatic heterocycles. The number of carbonyl (C=O) groups excluding carboxylic acids is 4. The molecule has 3 fully saturated rings. The molecule has 2 bridgehead atoms. The van der Waals surface area contributed by atoms with E-state index in [1.165, 1.54) is 14.2 Å². The van der Waals surface area contributed by atoms with Crippen LogP contribution in [0.3, 0.4) is 0 Å². The predicted octanol–water partition coefficient (Wildman–Crippen LogP) is 0.375. The van der Waals surface area contributed by atoms with Crippen LogP contribution in [0.2, 0.25) is 0 Å². The Morgan fingerprint density at radius 2 is 1.70 bits per heavy atom. The fourth-order valence-corrected chi connectivity index (χ4v) is 5.34. The lowest BCUT2D eigenvalue weighted by atomic mass is 9.54. The van der Waals surface area contributed by atoms with E-state index in [4.69, 9.17) is 14.2 Å². The molecular weight excluding hydrogens is 304 g/mol. The first-order chi connectivity index (χ1) is 10.9. The Labute approximate surface area is 131 Å². The summed E-state index contributed by atoms with van der Waals surface area (Å²) in [5.41, 5.74) is -0.142. The normalized spacial score (nSPS) is 40.1. The minimum atomic E-state index is -0.830. The Kier molecular flexibility index (Phi) is 2.77. The van der Waals surface area contributed by atoms with Gasteiger partial charge in [0, 0.05) is 11.8 Å². The van der Waals surface area contributed by atoms with Gasteiger partial charge in [-0.25, -0.2) is 9.59 Å². The van der Waals surface area contributed by atoms with Crippen LogP contribution in [0, 0.1) is 29.1 Å². The molecule has 23 heavy (non-hydrogen) atoms. The average Bonchev–Trinajstić information content (AvgIpc) is 3.08. The molecule has 0 aromatic carbocycles. The molecule has 0 amide bonds. The maximum absolute atomic E-state index is 12.2. The van der Waals surface area contributed by atoms with Crippen molar-refractivity contribution in [3.63, 3.8) is 0 Å². The molecule has 7 heteroatoms. The minimum absolute atomic E-state index is 0.0677.